The molecule has 0 spiro atoms. The second kappa shape index (κ2) is 7.09. The molecule has 7 nitrogen and oxygen atoms in total. The van der Waals surface area contributed by atoms with E-state index in [-0.39, 0.29) is 16.9 Å². The molecule has 4 aliphatic carbocycles. The quantitative estimate of drug-likeness (QED) is 0.543. The van der Waals surface area contributed by atoms with E-state index in [1.165, 1.54) is 0 Å². The highest BCUT2D eigenvalue weighted by molar-refractivity contribution is 5.87. The first-order chi connectivity index (χ1) is 14.3. The number of ketones is 1. The highest BCUT2D eigenvalue weighted by Gasteiger charge is 2.68. The highest BCUT2D eigenvalue weighted by atomic mass is 16.6. The number of fused-ring (bicyclic) bond motifs is 5. The van der Waals surface area contributed by atoms with Crippen molar-refractivity contribution in [2.75, 3.05) is 13.1 Å². The smallest absolute Gasteiger partial charge is 0.141 e. The SMILES string of the molecule is C[C@]12CC[C@H]3[C@@H](CC(N=O)[C@@]4(O)CC(=NO[C@@H]5CCNC5)CC[C@]34C)[C@@H]1CCC2=O. The number of nitrogens with one attached hydrogen (secondary N) is 1. The maximum Gasteiger partial charge on any atom is 0.141 e. The average molecular weight is 418 g/mol. The summed E-state index contributed by atoms with van der Waals surface area (Å²) in [5.74, 6) is 1.33. The molecule has 7 heteroatoms. The third-order valence-electron chi connectivity index (χ3n) is 9.88. The fourth-order valence-electron chi connectivity index (χ4n) is 7.93. The van der Waals surface area contributed by atoms with Gasteiger partial charge in [-0.05, 0) is 62.8 Å². The Bertz CT molecular complexity index is 766. The van der Waals surface area contributed by atoms with Crippen molar-refractivity contribution in [2.24, 2.45) is 38.9 Å². The van der Waals surface area contributed by atoms with Gasteiger partial charge in [0, 0.05) is 36.6 Å². The van der Waals surface area contributed by atoms with Crippen molar-refractivity contribution < 1.29 is 14.7 Å². The van der Waals surface area contributed by atoms with Crippen LogP contribution in [0.15, 0.2) is 10.3 Å². The van der Waals surface area contributed by atoms with Gasteiger partial charge in [-0.25, -0.2) is 0 Å². The summed E-state index contributed by atoms with van der Waals surface area (Å²) in [4.78, 5) is 30.4. The second-order valence-corrected chi connectivity index (χ2v) is 11.0. The summed E-state index contributed by atoms with van der Waals surface area (Å²) in [6.07, 6.45) is 7.01. The van der Waals surface area contributed by atoms with E-state index < -0.39 is 11.6 Å². The lowest BCUT2D eigenvalue weighted by Gasteiger charge is -2.63. The second-order valence-electron chi connectivity index (χ2n) is 11.0. The number of hydrogen-bond acceptors (Lipinski definition) is 7. The van der Waals surface area contributed by atoms with Crippen molar-refractivity contribution in [1.29, 1.82) is 0 Å². The largest absolute Gasteiger partial charge is 0.391 e. The Morgan fingerprint density at radius 3 is 2.70 bits per heavy atom. The van der Waals surface area contributed by atoms with Gasteiger partial charge >= 0.3 is 0 Å². The van der Waals surface area contributed by atoms with Gasteiger partial charge in [-0.2, -0.15) is 4.91 Å². The van der Waals surface area contributed by atoms with E-state index in [1.54, 1.807) is 0 Å². The molecule has 0 radical (unpaired) electrons. The summed E-state index contributed by atoms with van der Waals surface area (Å²) in [6, 6.07) is -0.652. The zero-order valence-electron chi connectivity index (χ0n) is 18.2. The van der Waals surface area contributed by atoms with Crippen molar-refractivity contribution in [3.63, 3.8) is 0 Å². The van der Waals surface area contributed by atoms with Crippen LogP contribution in [0.1, 0.15) is 71.6 Å². The summed E-state index contributed by atoms with van der Waals surface area (Å²) in [7, 11) is 0. The number of carbonyl (C=O) groups excluding carboxylic acids is 1. The standard InChI is InChI=1S/C23H35N3O4/c1-21-8-6-18-16(17(21)3-4-20(21)27)11-19(25-29)23(28)12-14(5-9-22(18,23)2)26-30-15-7-10-24-13-15/h15-19,24,28H,3-13H2,1-2H3/t15-,16+,17+,18+,19?,21+,22-,23+/m1/s1. The zero-order valence-corrected chi connectivity index (χ0v) is 18.2. The lowest BCUT2D eigenvalue weighted by atomic mass is 9.42. The molecule has 2 N–H and O–H groups in total. The summed E-state index contributed by atoms with van der Waals surface area (Å²) in [5, 5.41) is 23.1. The number of nitroso groups, excluding NO2 is 1. The van der Waals surface area contributed by atoms with Crippen LogP contribution < -0.4 is 5.32 Å². The molecule has 1 aliphatic heterocycles. The fraction of sp³-hybridized carbons (Fsp3) is 0.913. The lowest BCUT2D eigenvalue weighted by Crippen LogP contribution is -2.67. The van der Waals surface area contributed by atoms with E-state index >= 15 is 0 Å². The molecule has 0 bridgehead atoms. The van der Waals surface area contributed by atoms with Gasteiger partial charge in [-0.1, -0.05) is 24.2 Å². The van der Waals surface area contributed by atoms with Crippen molar-refractivity contribution in [2.45, 2.75) is 89.4 Å². The van der Waals surface area contributed by atoms with E-state index in [0.717, 1.165) is 57.3 Å². The number of oxime groups is 1. The lowest BCUT2D eigenvalue weighted by molar-refractivity contribution is -0.197. The third-order valence-corrected chi connectivity index (χ3v) is 9.88. The van der Waals surface area contributed by atoms with Gasteiger partial charge < -0.3 is 15.3 Å². The molecular formula is C23H35N3O4. The van der Waals surface area contributed by atoms with Gasteiger partial charge in [0.05, 0.1) is 5.71 Å². The van der Waals surface area contributed by atoms with Crippen LogP contribution in [0.2, 0.25) is 0 Å². The van der Waals surface area contributed by atoms with Crippen LogP contribution in [0.25, 0.3) is 0 Å². The normalized spacial score (nSPS) is 51.9. The highest BCUT2D eigenvalue weighted by Crippen LogP contribution is 2.66. The van der Waals surface area contributed by atoms with Crippen LogP contribution in [0.4, 0.5) is 0 Å². The van der Waals surface area contributed by atoms with Crippen molar-refractivity contribution in [1.82, 2.24) is 5.32 Å². The van der Waals surface area contributed by atoms with Crippen molar-refractivity contribution in [3.05, 3.63) is 4.91 Å². The zero-order chi connectivity index (χ0) is 21.1. The van der Waals surface area contributed by atoms with Gasteiger partial charge in [-0.3, -0.25) is 4.79 Å². The first kappa shape index (κ1) is 20.6. The summed E-state index contributed by atoms with van der Waals surface area (Å²) in [5.41, 5.74) is -0.952. The Hall–Kier alpha value is -1.34. The number of Topliss-reactive ketones (excluding diaryl/α,β-unsaturated/α-hetero) is 1. The molecule has 30 heavy (non-hydrogen) atoms. The molecule has 0 aromatic carbocycles. The molecule has 5 fully saturated rings. The monoisotopic (exact) mass is 417 g/mol. The number of rotatable bonds is 3. The van der Waals surface area contributed by atoms with Crippen LogP contribution in [0.3, 0.4) is 0 Å². The van der Waals surface area contributed by atoms with E-state index in [9.17, 15) is 14.8 Å². The van der Waals surface area contributed by atoms with Crippen LogP contribution in [0.5, 0.6) is 0 Å². The topological polar surface area (TPSA) is 100 Å². The van der Waals surface area contributed by atoms with Gasteiger partial charge in [0.2, 0.25) is 0 Å². The minimum atomic E-state index is -1.18. The Kier molecular flexibility index (Phi) is 4.86. The molecule has 8 atom stereocenters. The fourth-order valence-corrected chi connectivity index (χ4v) is 7.93. The average Bonchev–Trinajstić information content (AvgIpc) is 3.35. The van der Waals surface area contributed by atoms with Crippen LogP contribution in [-0.2, 0) is 9.63 Å². The molecule has 166 valence electrons. The molecular weight excluding hydrogens is 382 g/mol. The molecule has 0 amide bonds. The maximum absolute atomic E-state index is 12.6. The summed E-state index contributed by atoms with van der Waals surface area (Å²) in [6.45, 7) is 6.05. The van der Waals surface area contributed by atoms with Gasteiger partial charge in [0.15, 0.2) is 0 Å². The molecule has 4 saturated carbocycles. The third kappa shape index (κ3) is 2.77. The van der Waals surface area contributed by atoms with E-state index in [2.05, 4.69) is 29.5 Å². The molecule has 1 saturated heterocycles. The van der Waals surface area contributed by atoms with Crippen LogP contribution in [0, 0.1) is 33.5 Å². The summed E-state index contributed by atoms with van der Waals surface area (Å²) >= 11 is 0. The number of aliphatic hydroxyl groups is 1. The Labute approximate surface area is 178 Å². The Morgan fingerprint density at radius 1 is 1.13 bits per heavy atom. The molecule has 1 unspecified atom stereocenters. The minimum absolute atomic E-state index is 0.0899. The van der Waals surface area contributed by atoms with Crippen molar-refractivity contribution in [3.8, 4) is 0 Å². The maximum atomic E-state index is 12.6. The summed E-state index contributed by atoms with van der Waals surface area (Å²) < 4.78 is 0. The van der Waals surface area contributed by atoms with Crippen molar-refractivity contribution >= 4 is 11.5 Å². The molecule has 5 rings (SSSR count). The first-order valence-electron chi connectivity index (χ1n) is 11.8. The van der Waals surface area contributed by atoms with E-state index in [0.29, 0.717) is 42.8 Å². The number of carbonyl (C=O) groups is 1. The molecule has 5 aliphatic rings. The van der Waals surface area contributed by atoms with E-state index in [1.807, 2.05) is 0 Å². The van der Waals surface area contributed by atoms with E-state index in [4.69, 9.17) is 4.84 Å². The predicted molar refractivity (Wildman–Crippen MR) is 113 cm³/mol. The number of nitrogens with zero attached hydrogens (tertiary/aromatic N) is 2. The Balaban J connectivity index is 1.42. The molecule has 0 aromatic rings. The minimum Gasteiger partial charge on any atom is -0.391 e. The van der Waals surface area contributed by atoms with Gasteiger partial charge in [0.25, 0.3) is 0 Å². The van der Waals surface area contributed by atoms with Gasteiger partial charge in [0.1, 0.15) is 23.5 Å². The molecule has 1 heterocycles. The molecule has 0 aromatic heterocycles. The Morgan fingerprint density at radius 2 is 1.97 bits per heavy atom. The van der Waals surface area contributed by atoms with Gasteiger partial charge in [-0.15, -0.1) is 0 Å². The van der Waals surface area contributed by atoms with Crippen LogP contribution in [-0.4, -0.2) is 47.4 Å². The number of hydrogen-bond donors (Lipinski definition) is 2. The van der Waals surface area contributed by atoms with Crippen LogP contribution >= 0.6 is 0 Å². The predicted octanol–water partition coefficient (Wildman–Crippen LogP) is 3.19. The first-order valence-corrected chi connectivity index (χ1v) is 11.8.